The first kappa shape index (κ1) is 16.6. The third-order valence-corrected chi connectivity index (χ3v) is 6.42. The van der Waals surface area contributed by atoms with Crippen molar-refractivity contribution >= 4 is 43.3 Å². The van der Waals surface area contributed by atoms with E-state index >= 15 is 0 Å². The molecule has 1 heterocycles. The molecule has 0 aromatic carbocycles. The molecule has 0 radical (unpaired) electrons. The number of halogens is 1. The van der Waals surface area contributed by atoms with Crippen molar-refractivity contribution in [2.45, 2.75) is 44.0 Å². The van der Waals surface area contributed by atoms with Gasteiger partial charge >= 0.3 is 5.97 Å². The Kier molecular flexibility index (Phi) is 5.16. The second kappa shape index (κ2) is 5.90. The average Bonchev–Trinajstić information content (AvgIpc) is 2.66. The molecule has 0 aliphatic rings. The van der Waals surface area contributed by atoms with Gasteiger partial charge in [0.1, 0.15) is 5.54 Å². The number of rotatable bonds is 6. The van der Waals surface area contributed by atoms with E-state index in [-0.39, 0.29) is 17.7 Å². The SMILES string of the molecule is CCC(CC)(NS(=O)(=O)c1cc(Br)sc1C)C(=O)O. The lowest BCUT2D eigenvalue weighted by molar-refractivity contribution is -0.144. The van der Waals surface area contributed by atoms with E-state index in [0.717, 1.165) is 0 Å². The Balaban J connectivity index is 3.22. The van der Waals surface area contributed by atoms with Crippen LogP contribution in [0.3, 0.4) is 0 Å². The van der Waals surface area contributed by atoms with Crippen molar-refractivity contribution in [3.8, 4) is 0 Å². The lowest BCUT2D eigenvalue weighted by Crippen LogP contribution is -2.53. The highest BCUT2D eigenvalue weighted by molar-refractivity contribution is 9.11. The van der Waals surface area contributed by atoms with E-state index in [1.165, 1.54) is 17.4 Å². The van der Waals surface area contributed by atoms with Crippen LogP contribution >= 0.6 is 27.3 Å². The molecule has 8 heteroatoms. The van der Waals surface area contributed by atoms with Gasteiger partial charge in [0, 0.05) is 4.88 Å². The van der Waals surface area contributed by atoms with E-state index in [0.29, 0.717) is 8.66 Å². The predicted octanol–water partition coefficient (Wildman–Crippen LogP) is 2.74. The van der Waals surface area contributed by atoms with E-state index in [9.17, 15) is 18.3 Å². The summed E-state index contributed by atoms with van der Waals surface area (Å²) in [6.45, 7) is 4.98. The Bertz CT molecular complexity index is 576. The van der Waals surface area contributed by atoms with Gasteiger partial charge in [-0.3, -0.25) is 4.79 Å². The zero-order valence-corrected chi connectivity index (χ0v) is 14.1. The highest BCUT2D eigenvalue weighted by Crippen LogP contribution is 2.31. The van der Waals surface area contributed by atoms with Crippen molar-refractivity contribution in [2.75, 3.05) is 0 Å². The molecule has 0 bridgehead atoms. The lowest BCUT2D eigenvalue weighted by atomic mass is 9.95. The molecule has 0 saturated heterocycles. The molecule has 0 amide bonds. The Labute approximate surface area is 125 Å². The number of hydrogen-bond acceptors (Lipinski definition) is 4. The standard InChI is InChI=1S/C11H16BrNO4S2/c1-4-11(5-2,10(14)15)13-19(16,17)8-6-9(12)18-7(8)3/h6,13H,4-5H2,1-3H3,(H,14,15). The van der Waals surface area contributed by atoms with Crippen LogP contribution in [-0.4, -0.2) is 25.0 Å². The van der Waals surface area contributed by atoms with Gasteiger partial charge < -0.3 is 5.11 Å². The van der Waals surface area contributed by atoms with Crippen LogP contribution in [0.4, 0.5) is 0 Å². The van der Waals surface area contributed by atoms with E-state index in [1.54, 1.807) is 20.8 Å². The summed E-state index contributed by atoms with van der Waals surface area (Å²) in [6, 6.07) is 1.49. The van der Waals surface area contributed by atoms with Gasteiger partial charge in [0.2, 0.25) is 10.0 Å². The Morgan fingerprint density at radius 3 is 2.32 bits per heavy atom. The van der Waals surface area contributed by atoms with Gasteiger partial charge in [-0.2, -0.15) is 4.72 Å². The first-order chi connectivity index (χ1) is 8.68. The van der Waals surface area contributed by atoms with Gasteiger partial charge in [-0.15, -0.1) is 11.3 Å². The minimum absolute atomic E-state index is 0.122. The number of nitrogens with one attached hydrogen (secondary N) is 1. The number of carbonyl (C=O) groups is 1. The number of carboxylic acids is 1. The van der Waals surface area contributed by atoms with Crippen LogP contribution in [0.1, 0.15) is 31.6 Å². The molecule has 0 atom stereocenters. The molecular formula is C11H16BrNO4S2. The van der Waals surface area contributed by atoms with E-state index in [1.807, 2.05) is 0 Å². The third kappa shape index (κ3) is 3.36. The number of sulfonamides is 1. The number of thiophene rings is 1. The van der Waals surface area contributed by atoms with Gasteiger partial charge in [-0.05, 0) is 41.8 Å². The van der Waals surface area contributed by atoms with Gasteiger partial charge in [-0.1, -0.05) is 13.8 Å². The van der Waals surface area contributed by atoms with Crippen molar-refractivity contribution < 1.29 is 18.3 Å². The molecule has 0 spiro atoms. The Morgan fingerprint density at radius 1 is 1.47 bits per heavy atom. The van der Waals surface area contributed by atoms with Crippen molar-refractivity contribution in [1.29, 1.82) is 0 Å². The first-order valence-corrected chi connectivity index (χ1v) is 8.81. The van der Waals surface area contributed by atoms with Crippen molar-refractivity contribution in [3.63, 3.8) is 0 Å². The highest BCUT2D eigenvalue weighted by Gasteiger charge is 2.39. The smallest absolute Gasteiger partial charge is 0.324 e. The zero-order chi connectivity index (χ0) is 14.8. The van der Waals surface area contributed by atoms with Crippen LogP contribution in [0, 0.1) is 6.92 Å². The molecule has 2 N–H and O–H groups in total. The first-order valence-electron chi connectivity index (χ1n) is 5.72. The minimum Gasteiger partial charge on any atom is -0.480 e. The monoisotopic (exact) mass is 369 g/mol. The summed E-state index contributed by atoms with van der Waals surface area (Å²) in [5.74, 6) is -1.16. The van der Waals surface area contributed by atoms with Crippen LogP contribution in [0.25, 0.3) is 0 Å². The summed E-state index contributed by atoms with van der Waals surface area (Å²) in [5, 5.41) is 9.27. The summed E-state index contributed by atoms with van der Waals surface area (Å²) in [5.41, 5.74) is -1.46. The largest absolute Gasteiger partial charge is 0.480 e. The normalized spacial score (nSPS) is 12.6. The summed E-state index contributed by atoms with van der Waals surface area (Å²) >= 11 is 4.52. The quantitative estimate of drug-likeness (QED) is 0.807. The van der Waals surface area contributed by atoms with Crippen LogP contribution in [0.5, 0.6) is 0 Å². The fraction of sp³-hybridized carbons (Fsp3) is 0.545. The third-order valence-electron chi connectivity index (χ3n) is 3.08. The summed E-state index contributed by atoms with van der Waals surface area (Å²) in [4.78, 5) is 12.1. The second-order valence-corrected chi connectivity index (χ2v) is 8.46. The summed E-state index contributed by atoms with van der Waals surface area (Å²) < 4.78 is 27.7. The van der Waals surface area contributed by atoms with E-state index < -0.39 is 21.5 Å². The van der Waals surface area contributed by atoms with Crippen molar-refractivity contribution in [3.05, 3.63) is 14.7 Å². The molecule has 108 valence electrons. The molecule has 1 rings (SSSR count). The topological polar surface area (TPSA) is 83.5 Å². The van der Waals surface area contributed by atoms with Gasteiger partial charge in [-0.25, -0.2) is 8.42 Å². The van der Waals surface area contributed by atoms with Crippen molar-refractivity contribution in [1.82, 2.24) is 4.72 Å². The molecule has 0 unspecified atom stereocenters. The molecule has 5 nitrogen and oxygen atoms in total. The number of aryl methyl sites for hydroxylation is 1. The molecule has 0 aliphatic carbocycles. The maximum atomic E-state index is 12.3. The van der Waals surface area contributed by atoms with Gasteiger partial charge in [0.05, 0.1) is 8.68 Å². The fourth-order valence-electron chi connectivity index (χ4n) is 1.75. The second-order valence-electron chi connectivity index (χ2n) is 4.17. The average molecular weight is 370 g/mol. The zero-order valence-electron chi connectivity index (χ0n) is 10.9. The fourth-order valence-corrected chi connectivity index (χ4v) is 5.67. The summed E-state index contributed by atoms with van der Waals surface area (Å²) in [7, 11) is -3.85. The molecular weight excluding hydrogens is 354 g/mol. The number of aliphatic carboxylic acids is 1. The molecule has 1 aromatic heterocycles. The number of carboxylic acid groups (broad SMARTS) is 1. The maximum Gasteiger partial charge on any atom is 0.324 e. The Hall–Kier alpha value is -0.440. The maximum absolute atomic E-state index is 12.3. The Morgan fingerprint density at radius 2 is 2.00 bits per heavy atom. The van der Waals surface area contributed by atoms with Crippen LogP contribution in [0.2, 0.25) is 0 Å². The van der Waals surface area contributed by atoms with Crippen LogP contribution < -0.4 is 4.72 Å². The molecule has 19 heavy (non-hydrogen) atoms. The van der Waals surface area contributed by atoms with Gasteiger partial charge in [0.15, 0.2) is 0 Å². The molecule has 1 aromatic rings. The molecule has 0 fully saturated rings. The molecule has 0 saturated carbocycles. The van der Waals surface area contributed by atoms with E-state index in [2.05, 4.69) is 20.7 Å². The van der Waals surface area contributed by atoms with E-state index in [4.69, 9.17) is 0 Å². The van der Waals surface area contributed by atoms with Crippen molar-refractivity contribution in [2.24, 2.45) is 0 Å². The van der Waals surface area contributed by atoms with Crippen LogP contribution in [-0.2, 0) is 14.8 Å². The predicted molar refractivity (Wildman–Crippen MR) is 78.0 cm³/mol. The highest BCUT2D eigenvalue weighted by atomic mass is 79.9. The molecule has 0 aliphatic heterocycles. The summed E-state index contributed by atoms with van der Waals surface area (Å²) in [6.07, 6.45) is 0.366. The lowest BCUT2D eigenvalue weighted by Gasteiger charge is -2.27. The van der Waals surface area contributed by atoms with Crippen LogP contribution in [0.15, 0.2) is 14.7 Å². The number of hydrogen-bond donors (Lipinski definition) is 2. The van der Waals surface area contributed by atoms with Gasteiger partial charge in [0.25, 0.3) is 0 Å². The minimum atomic E-state index is -3.85.